The summed E-state index contributed by atoms with van der Waals surface area (Å²) < 4.78 is 51.8. The number of piperidine rings is 1. The van der Waals surface area contributed by atoms with Gasteiger partial charge in [-0.25, -0.2) is 4.79 Å². The Morgan fingerprint density at radius 3 is 2.43 bits per heavy atom. The van der Waals surface area contributed by atoms with Gasteiger partial charge in [-0.3, -0.25) is 9.64 Å². The van der Waals surface area contributed by atoms with Gasteiger partial charge >= 0.3 is 12.5 Å². The van der Waals surface area contributed by atoms with Crippen molar-refractivity contribution in [1.29, 1.82) is 0 Å². The fraction of sp³-hybridized carbons (Fsp3) is 0.824. The Labute approximate surface area is 160 Å². The van der Waals surface area contributed by atoms with Crippen molar-refractivity contribution in [3.63, 3.8) is 0 Å². The molecule has 3 rings (SSSR count). The highest BCUT2D eigenvalue weighted by Gasteiger charge is 2.43. The zero-order valence-electron chi connectivity index (χ0n) is 16.0. The van der Waals surface area contributed by atoms with Gasteiger partial charge < -0.3 is 14.9 Å². The molecule has 1 saturated carbocycles. The Kier molecular flexibility index (Phi) is 5.59. The Balaban J connectivity index is 1.66. The Morgan fingerprint density at radius 1 is 1.18 bits per heavy atom. The number of hydrogen-bond donors (Lipinski definition) is 1. The lowest BCUT2D eigenvalue weighted by Gasteiger charge is -2.37. The van der Waals surface area contributed by atoms with Crippen molar-refractivity contribution >= 4 is 6.09 Å². The van der Waals surface area contributed by atoms with Crippen molar-refractivity contribution in [3.8, 4) is 0 Å². The van der Waals surface area contributed by atoms with Gasteiger partial charge in [0.1, 0.15) is 11.6 Å². The van der Waals surface area contributed by atoms with Gasteiger partial charge in [0.15, 0.2) is 0 Å². The van der Waals surface area contributed by atoms with Gasteiger partial charge in [0.25, 0.3) is 0 Å². The fourth-order valence-corrected chi connectivity index (χ4v) is 3.38. The molecule has 0 aromatic carbocycles. The predicted molar refractivity (Wildman–Crippen MR) is 90.1 cm³/mol. The van der Waals surface area contributed by atoms with E-state index in [2.05, 4.69) is 14.9 Å². The summed E-state index contributed by atoms with van der Waals surface area (Å²) in [5.74, 6) is 0.221. The zero-order chi connectivity index (χ0) is 20.7. The maximum Gasteiger partial charge on any atom is 0.522 e. The van der Waals surface area contributed by atoms with Crippen molar-refractivity contribution in [2.45, 2.75) is 82.5 Å². The number of alkyl halides is 3. The van der Waals surface area contributed by atoms with E-state index in [-0.39, 0.29) is 36.6 Å². The number of aromatic nitrogens is 2. The molecule has 2 heterocycles. The molecule has 2 aliphatic rings. The van der Waals surface area contributed by atoms with E-state index in [0.717, 1.165) is 0 Å². The molecule has 0 spiro atoms. The number of amides is 1. The van der Waals surface area contributed by atoms with Crippen molar-refractivity contribution in [3.05, 3.63) is 11.8 Å². The number of halogens is 3. The highest BCUT2D eigenvalue weighted by Crippen LogP contribution is 2.41. The van der Waals surface area contributed by atoms with Gasteiger partial charge in [0.2, 0.25) is 11.8 Å². The summed E-state index contributed by atoms with van der Waals surface area (Å²) in [7, 11) is 0. The SMILES string of the molecule is CC(C)(C)OC(=O)N1C[C@@H](N)CC[C@@H]1c1nnc(C2CC(OC(F)(F)F)C2)o1. The first-order valence-electron chi connectivity index (χ1n) is 9.24. The van der Waals surface area contributed by atoms with E-state index in [4.69, 9.17) is 14.9 Å². The van der Waals surface area contributed by atoms with Crippen LogP contribution in [0.25, 0.3) is 0 Å². The third-order valence-electron chi connectivity index (χ3n) is 4.73. The molecule has 28 heavy (non-hydrogen) atoms. The smallest absolute Gasteiger partial charge is 0.444 e. The summed E-state index contributed by atoms with van der Waals surface area (Å²) in [4.78, 5) is 14.0. The Morgan fingerprint density at radius 2 is 1.82 bits per heavy atom. The van der Waals surface area contributed by atoms with Crippen LogP contribution in [0.4, 0.5) is 18.0 Å². The number of likely N-dealkylation sites (tertiary alicyclic amines) is 1. The van der Waals surface area contributed by atoms with E-state index in [1.54, 1.807) is 20.8 Å². The molecule has 1 saturated heterocycles. The van der Waals surface area contributed by atoms with E-state index in [1.807, 2.05) is 0 Å². The minimum atomic E-state index is -4.65. The molecule has 1 aliphatic heterocycles. The van der Waals surface area contributed by atoms with Gasteiger partial charge in [-0.1, -0.05) is 0 Å². The molecule has 8 nitrogen and oxygen atoms in total. The summed E-state index contributed by atoms with van der Waals surface area (Å²) in [6, 6.07) is -0.656. The third kappa shape index (κ3) is 5.13. The zero-order valence-corrected chi connectivity index (χ0v) is 16.0. The van der Waals surface area contributed by atoms with Crippen LogP contribution in [0.15, 0.2) is 4.42 Å². The molecule has 1 aromatic rings. The number of nitrogens with two attached hydrogens (primary N) is 1. The highest BCUT2D eigenvalue weighted by molar-refractivity contribution is 5.69. The van der Waals surface area contributed by atoms with Crippen LogP contribution in [0.2, 0.25) is 0 Å². The topological polar surface area (TPSA) is 104 Å². The average Bonchev–Trinajstić information content (AvgIpc) is 2.97. The maximum absolute atomic E-state index is 12.6. The lowest BCUT2D eigenvalue weighted by Crippen LogP contribution is -2.49. The van der Waals surface area contributed by atoms with Crippen LogP contribution >= 0.6 is 0 Å². The number of carbonyl (C=O) groups excluding carboxylic acids is 1. The molecule has 0 bridgehead atoms. The average molecular weight is 406 g/mol. The molecule has 2 N–H and O–H groups in total. The first kappa shape index (κ1) is 20.8. The fourth-order valence-electron chi connectivity index (χ4n) is 3.38. The van der Waals surface area contributed by atoms with E-state index in [0.29, 0.717) is 19.4 Å². The number of carbonyl (C=O) groups is 1. The summed E-state index contributed by atoms with van der Waals surface area (Å²) in [5, 5.41) is 7.99. The van der Waals surface area contributed by atoms with Gasteiger partial charge in [0.05, 0.1) is 6.10 Å². The van der Waals surface area contributed by atoms with E-state index in [1.165, 1.54) is 4.90 Å². The molecular formula is C17H25F3N4O4. The summed E-state index contributed by atoms with van der Waals surface area (Å²) in [6.45, 7) is 5.60. The van der Waals surface area contributed by atoms with E-state index >= 15 is 0 Å². The standard InChI is InChI=1S/C17H25F3N4O4/c1-16(2,3)28-15(25)24-8-10(21)4-5-12(24)14-23-22-13(26-14)9-6-11(7-9)27-17(18,19)20/h9-12H,4-8,21H2,1-3H3/t9?,10-,11?,12+/m0/s1. The van der Waals surface area contributed by atoms with Crippen molar-refractivity contribution in [2.24, 2.45) is 5.73 Å². The molecule has 0 unspecified atom stereocenters. The largest absolute Gasteiger partial charge is 0.522 e. The van der Waals surface area contributed by atoms with Crippen molar-refractivity contribution in [2.75, 3.05) is 6.54 Å². The van der Waals surface area contributed by atoms with Crippen LogP contribution in [0, 0.1) is 0 Å². The first-order chi connectivity index (χ1) is 12.9. The van der Waals surface area contributed by atoms with Gasteiger partial charge in [0, 0.05) is 18.5 Å². The number of nitrogens with zero attached hydrogens (tertiary/aromatic N) is 3. The number of hydrogen-bond acceptors (Lipinski definition) is 7. The second kappa shape index (κ2) is 7.51. The molecule has 2 atom stereocenters. The summed E-state index contributed by atoms with van der Waals surface area (Å²) in [5.41, 5.74) is 5.33. The van der Waals surface area contributed by atoms with E-state index in [9.17, 15) is 18.0 Å². The second-order valence-electron chi connectivity index (χ2n) is 8.32. The third-order valence-corrected chi connectivity index (χ3v) is 4.73. The molecule has 11 heteroatoms. The number of rotatable bonds is 3. The normalized spacial score (nSPS) is 28.8. The highest BCUT2D eigenvalue weighted by atomic mass is 19.4. The minimum absolute atomic E-state index is 0.159. The molecule has 1 aromatic heterocycles. The lowest BCUT2D eigenvalue weighted by atomic mass is 9.82. The predicted octanol–water partition coefficient (Wildman–Crippen LogP) is 3.25. The lowest BCUT2D eigenvalue weighted by molar-refractivity contribution is -0.352. The molecule has 2 fully saturated rings. The molecule has 0 radical (unpaired) electrons. The molecule has 1 aliphatic carbocycles. The molecule has 158 valence electrons. The van der Waals surface area contributed by atoms with Crippen LogP contribution in [-0.4, -0.2) is 51.8 Å². The minimum Gasteiger partial charge on any atom is -0.444 e. The van der Waals surface area contributed by atoms with Crippen LogP contribution in [0.1, 0.15) is 70.2 Å². The van der Waals surface area contributed by atoms with E-state index < -0.39 is 30.2 Å². The Hall–Kier alpha value is -1.88. The Bertz CT molecular complexity index is 697. The number of ether oxygens (including phenoxy) is 2. The van der Waals surface area contributed by atoms with Gasteiger partial charge in [-0.15, -0.1) is 23.4 Å². The quantitative estimate of drug-likeness (QED) is 0.822. The van der Waals surface area contributed by atoms with Crippen molar-refractivity contribution in [1.82, 2.24) is 15.1 Å². The molecule has 1 amide bonds. The van der Waals surface area contributed by atoms with Crippen molar-refractivity contribution < 1.29 is 31.9 Å². The van der Waals surface area contributed by atoms with Gasteiger partial charge in [-0.05, 0) is 46.5 Å². The maximum atomic E-state index is 12.6. The van der Waals surface area contributed by atoms with Crippen LogP contribution in [-0.2, 0) is 9.47 Å². The second-order valence-corrected chi connectivity index (χ2v) is 8.32. The molecular weight excluding hydrogens is 381 g/mol. The van der Waals surface area contributed by atoms with Crippen LogP contribution in [0.3, 0.4) is 0 Å². The van der Waals surface area contributed by atoms with Crippen LogP contribution in [0.5, 0.6) is 0 Å². The summed E-state index contributed by atoms with van der Waals surface area (Å²) >= 11 is 0. The first-order valence-corrected chi connectivity index (χ1v) is 9.24. The van der Waals surface area contributed by atoms with Gasteiger partial charge in [-0.2, -0.15) is 0 Å². The monoisotopic (exact) mass is 406 g/mol. The summed E-state index contributed by atoms with van der Waals surface area (Å²) in [6.07, 6.45) is -4.54. The van der Waals surface area contributed by atoms with Crippen LogP contribution < -0.4 is 5.73 Å².